The number of aliphatic hydroxyl groups excluding tert-OH is 1. The van der Waals surface area contributed by atoms with Crippen molar-refractivity contribution in [2.45, 2.75) is 20.8 Å². The van der Waals surface area contributed by atoms with Gasteiger partial charge in [-0.2, -0.15) is 0 Å². The highest BCUT2D eigenvalue weighted by Crippen LogP contribution is 1.81. The number of methoxy groups -OCH3 is 1. The quantitative estimate of drug-likeness (QED) is 0.591. The summed E-state index contributed by atoms with van der Waals surface area (Å²) in [6.45, 7) is 6.03. The standard InChI is InChI=1S/C4H10.C3H7NO3.C2H6O/c1-4(2)3;5-2-4-1-3(6)7;1-3-2/h4H,1-3H3;4-5H,1-2H2,(H,6,7);1-2H3. The molecule has 0 rings (SSSR count). The molecule has 0 aliphatic rings. The zero-order valence-corrected chi connectivity index (χ0v) is 9.70. The molecule has 0 bridgehead atoms. The van der Waals surface area contributed by atoms with Crippen LogP contribution >= 0.6 is 0 Å². The van der Waals surface area contributed by atoms with Crippen molar-refractivity contribution in [3.8, 4) is 0 Å². The molecule has 0 saturated heterocycles. The lowest BCUT2D eigenvalue weighted by atomic mass is 10.3. The molecule has 0 aliphatic heterocycles. The molecule has 0 saturated carbocycles. The maximum Gasteiger partial charge on any atom is 0.317 e. The number of nitrogens with one attached hydrogen (secondary N) is 1. The smallest absolute Gasteiger partial charge is 0.317 e. The number of carboxylic acids is 1. The van der Waals surface area contributed by atoms with Crippen molar-refractivity contribution in [2.75, 3.05) is 27.5 Å². The number of carboxylic acid groups (broad SMARTS) is 1. The number of ether oxygens (including phenoxy) is 1. The van der Waals surface area contributed by atoms with E-state index in [1.54, 1.807) is 14.2 Å². The Bertz CT molecular complexity index is 104. The molecule has 0 aliphatic carbocycles. The summed E-state index contributed by atoms with van der Waals surface area (Å²) in [5, 5.41) is 18.0. The summed E-state index contributed by atoms with van der Waals surface area (Å²) in [6.07, 6.45) is 0. The zero-order chi connectivity index (χ0) is 12.0. The summed E-state index contributed by atoms with van der Waals surface area (Å²) in [6, 6.07) is 0. The molecule has 5 heteroatoms. The van der Waals surface area contributed by atoms with Gasteiger partial charge in [-0.1, -0.05) is 20.8 Å². The topological polar surface area (TPSA) is 78.8 Å². The number of rotatable bonds is 3. The largest absolute Gasteiger partial charge is 0.480 e. The van der Waals surface area contributed by atoms with Crippen molar-refractivity contribution in [3.05, 3.63) is 0 Å². The number of hydrogen-bond donors (Lipinski definition) is 3. The second-order valence-corrected chi connectivity index (χ2v) is 3.12. The van der Waals surface area contributed by atoms with E-state index in [2.05, 4.69) is 30.8 Å². The van der Waals surface area contributed by atoms with E-state index in [-0.39, 0.29) is 13.3 Å². The molecule has 0 amide bonds. The minimum atomic E-state index is -0.964. The van der Waals surface area contributed by atoms with Crippen LogP contribution in [0, 0.1) is 5.92 Å². The van der Waals surface area contributed by atoms with Gasteiger partial charge in [-0.05, 0) is 5.92 Å². The predicted octanol–water partition coefficient (Wildman–Crippen LogP) is 0.535. The van der Waals surface area contributed by atoms with Crippen molar-refractivity contribution in [2.24, 2.45) is 5.92 Å². The highest BCUT2D eigenvalue weighted by molar-refractivity contribution is 5.68. The number of aliphatic hydroxyl groups is 1. The molecule has 0 atom stereocenters. The first-order valence-corrected chi connectivity index (χ1v) is 4.35. The highest BCUT2D eigenvalue weighted by Gasteiger charge is 1.89. The van der Waals surface area contributed by atoms with Crippen molar-refractivity contribution in [1.82, 2.24) is 5.32 Å². The van der Waals surface area contributed by atoms with E-state index in [1.165, 1.54) is 0 Å². The maximum atomic E-state index is 9.58. The Hall–Kier alpha value is -0.650. The Kier molecular flexibility index (Phi) is 24.7. The molecule has 0 unspecified atom stereocenters. The van der Waals surface area contributed by atoms with Gasteiger partial charge < -0.3 is 14.9 Å². The molecule has 0 aromatic rings. The Morgan fingerprint density at radius 1 is 1.36 bits per heavy atom. The summed E-state index contributed by atoms with van der Waals surface area (Å²) in [5.74, 6) is -0.131. The van der Waals surface area contributed by atoms with Gasteiger partial charge in [0.05, 0.1) is 13.3 Å². The third-order valence-corrected chi connectivity index (χ3v) is 0.388. The molecule has 0 spiro atoms. The average molecular weight is 209 g/mol. The molecule has 88 valence electrons. The summed E-state index contributed by atoms with van der Waals surface area (Å²) < 4.78 is 4.25. The summed E-state index contributed by atoms with van der Waals surface area (Å²) in [7, 11) is 3.25. The van der Waals surface area contributed by atoms with Crippen LogP contribution in [0.2, 0.25) is 0 Å². The third-order valence-electron chi connectivity index (χ3n) is 0.388. The lowest BCUT2D eigenvalue weighted by molar-refractivity contribution is -0.136. The van der Waals surface area contributed by atoms with Crippen LogP contribution in [0.3, 0.4) is 0 Å². The van der Waals surface area contributed by atoms with Crippen LogP contribution in [0.4, 0.5) is 0 Å². The lowest BCUT2D eigenvalue weighted by Gasteiger charge is -1.90. The van der Waals surface area contributed by atoms with Crippen molar-refractivity contribution in [1.29, 1.82) is 0 Å². The third kappa shape index (κ3) is 108. The monoisotopic (exact) mass is 209 g/mol. The molecule has 0 aromatic carbocycles. The van der Waals surface area contributed by atoms with E-state index in [0.717, 1.165) is 5.92 Å². The van der Waals surface area contributed by atoms with Crippen LogP contribution < -0.4 is 5.32 Å². The van der Waals surface area contributed by atoms with E-state index in [0.29, 0.717) is 0 Å². The zero-order valence-electron chi connectivity index (χ0n) is 9.70. The van der Waals surface area contributed by atoms with E-state index in [9.17, 15) is 4.79 Å². The normalized spacial score (nSPS) is 8.21. The number of hydrogen-bond acceptors (Lipinski definition) is 4. The van der Waals surface area contributed by atoms with Crippen LogP contribution in [0.15, 0.2) is 0 Å². The summed E-state index contributed by atoms with van der Waals surface area (Å²) >= 11 is 0. The summed E-state index contributed by atoms with van der Waals surface area (Å²) in [5.41, 5.74) is 0. The van der Waals surface area contributed by atoms with Gasteiger partial charge in [-0.25, -0.2) is 0 Å². The van der Waals surface area contributed by atoms with E-state index >= 15 is 0 Å². The first-order valence-electron chi connectivity index (χ1n) is 4.35. The van der Waals surface area contributed by atoms with Crippen molar-refractivity contribution in [3.63, 3.8) is 0 Å². The molecular weight excluding hydrogens is 186 g/mol. The van der Waals surface area contributed by atoms with E-state index in [4.69, 9.17) is 10.2 Å². The first-order chi connectivity index (χ1) is 6.42. The first kappa shape index (κ1) is 19.0. The number of carbonyl (C=O) groups is 1. The Morgan fingerprint density at radius 2 is 1.64 bits per heavy atom. The van der Waals surface area contributed by atoms with Gasteiger partial charge in [0, 0.05) is 14.2 Å². The minimum absolute atomic E-state index is 0.184. The van der Waals surface area contributed by atoms with Gasteiger partial charge in [-0.3, -0.25) is 10.1 Å². The SMILES string of the molecule is CC(C)C.COC.O=C(O)CNCO. The molecule has 0 fully saturated rings. The van der Waals surface area contributed by atoms with Crippen LogP contribution in [-0.2, 0) is 9.53 Å². The predicted molar refractivity (Wildman–Crippen MR) is 56.2 cm³/mol. The van der Waals surface area contributed by atoms with Gasteiger partial charge in [0.1, 0.15) is 0 Å². The fraction of sp³-hybridized carbons (Fsp3) is 0.889. The molecule has 0 heterocycles. The Balaban J connectivity index is -0.000000147. The fourth-order valence-electron chi connectivity index (χ4n) is 0.163. The van der Waals surface area contributed by atoms with E-state index < -0.39 is 5.97 Å². The second kappa shape index (κ2) is 18.2. The highest BCUT2D eigenvalue weighted by atomic mass is 16.4. The van der Waals surface area contributed by atoms with Crippen LogP contribution in [-0.4, -0.2) is 43.7 Å². The molecule has 5 nitrogen and oxygen atoms in total. The van der Waals surface area contributed by atoms with Crippen LogP contribution in [0.1, 0.15) is 20.8 Å². The van der Waals surface area contributed by atoms with Gasteiger partial charge in [-0.15, -0.1) is 0 Å². The van der Waals surface area contributed by atoms with Crippen molar-refractivity contribution >= 4 is 5.97 Å². The molecule has 14 heavy (non-hydrogen) atoms. The second-order valence-electron chi connectivity index (χ2n) is 3.12. The lowest BCUT2D eigenvalue weighted by Crippen LogP contribution is -2.22. The number of aliphatic carboxylic acids is 1. The van der Waals surface area contributed by atoms with Crippen molar-refractivity contribution < 1.29 is 19.7 Å². The molecule has 3 N–H and O–H groups in total. The fourth-order valence-corrected chi connectivity index (χ4v) is 0.163. The summed E-state index contributed by atoms with van der Waals surface area (Å²) in [4.78, 5) is 9.58. The molecule has 0 radical (unpaired) electrons. The Morgan fingerprint density at radius 3 is 1.71 bits per heavy atom. The maximum absolute atomic E-state index is 9.58. The van der Waals surface area contributed by atoms with Crippen LogP contribution in [0.25, 0.3) is 0 Å². The van der Waals surface area contributed by atoms with Crippen LogP contribution in [0.5, 0.6) is 0 Å². The Labute approximate surface area is 86.1 Å². The average Bonchev–Trinajstić information content (AvgIpc) is 2.01. The molecule has 0 aromatic heterocycles. The van der Waals surface area contributed by atoms with Gasteiger partial charge >= 0.3 is 5.97 Å². The molecular formula is C9H23NO4. The minimum Gasteiger partial charge on any atom is -0.480 e. The van der Waals surface area contributed by atoms with E-state index in [1.807, 2.05) is 0 Å². The van der Waals surface area contributed by atoms with Gasteiger partial charge in [0.2, 0.25) is 0 Å². The van der Waals surface area contributed by atoms with Gasteiger partial charge in [0.25, 0.3) is 0 Å². The van der Waals surface area contributed by atoms with Gasteiger partial charge in [0.15, 0.2) is 0 Å².